The van der Waals surface area contributed by atoms with Gasteiger partial charge in [0.1, 0.15) is 12.4 Å². The van der Waals surface area contributed by atoms with E-state index in [4.69, 9.17) is 9.47 Å². The summed E-state index contributed by atoms with van der Waals surface area (Å²) in [6, 6.07) is 11.7. The summed E-state index contributed by atoms with van der Waals surface area (Å²) in [4.78, 5) is 0.301. The highest BCUT2D eigenvalue weighted by Crippen LogP contribution is 2.21. The summed E-state index contributed by atoms with van der Waals surface area (Å²) in [7, 11) is -7.04. The molecule has 0 radical (unpaired) electrons. The third-order valence-corrected chi connectivity index (χ3v) is 6.66. The summed E-state index contributed by atoms with van der Waals surface area (Å²) < 4.78 is 61.5. The van der Waals surface area contributed by atoms with Gasteiger partial charge in [0.25, 0.3) is 0 Å². The maximum absolute atomic E-state index is 12.6. The second-order valence-electron chi connectivity index (χ2n) is 6.20. The Labute approximate surface area is 166 Å². The molecule has 1 N–H and O–H groups in total. The average Bonchev–Trinajstić information content (AvgIpc) is 2.65. The monoisotopic (exact) mass is 427 g/mol. The molecule has 0 aliphatic rings. The van der Waals surface area contributed by atoms with Crippen LogP contribution in [0.1, 0.15) is 25.5 Å². The quantitative estimate of drug-likeness (QED) is 0.585. The largest absolute Gasteiger partial charge is 0.491 e. The first kappa shape index (κ1) is 22.4. The van der Waals surface area contributed by atoms with Crippen molar-refractivity contribution >= 4 is 19.9 Å². The fraction of sp³-hybridized carbons (Fsp3) is 0.368. The minimum atomic E-state index is -3.74. The lowest BCUT2D eigenvalue weighted by Gasteiger charge is -2.15. The van der Waals surface area contributed by atoms with Crippen LogP contribution in [0.5, 0.6) is 5.75 Å². The summed E-state index contributed by atoms with van der Waals surface area (Å²) in [6.45, 7) is 5.06. The lowest BCUT2D eigenvalue weighted by molar-refractivity contribution is 0.110. The third-order valence-electron chi connectivity index (χ3n) is 3.97. The number of benzene rings is 2. The van der Waals surface area contributed by atoms with Gasteiger partial charge in [-0.15, -0.1) is 0 Å². The van der Waals surface area contributed by atoms with Crippen molar-refractivity contribution in [2.24, 2.45) is 0 Å². The molecule has 1 atom stereocenters. The molecule has 0 aliphatic carbocycles. The Morgan fingerprint density at radius 2 is 1.46 bits per heavy atom. The molecule has 0 heterocycles. The van der Waals surface area contributed by atoms with E-state index < -0.39 is 25.9 Å². The molecule has 7 nitrogen and oxygen atoms in total. The van der Waals surface area contributed by atoms with E-state index in [1.807, 2.05) is 6.92 Å². The van der Waals surface area contributed by atoms with Gasteiger partial charge in [0.15, 0.2) is 9.84 Å². The topological polar surface area (TPSA) is 98.8 Å². The minimum absolute atomic E-state index is 0.115. The van der Waals surface area contributed by atoms with Gasteiger partial charge in [0.2, 0.25) is 10.0 Å². The molecule has 0 aromatic heterocycles. The second-order valence-corrected chi connectivity index (χ2v) is 9.93. The van der Waals surface area contributed by atoms with E-state index in [0.717, 1.165) is 6.26 Å². The van der Waals surface area contributed by atoms with Crippen molar-refractivity contribution in [2.45, 2.75) is 29.7 Å². The standard InChI is InChI=1S/C19H25NO6S2/c1-4-25-13-14-26-17-7-11-19(12-8-17)28(23,24)20-15(2)16-5-9-18(10-6-16)27(3,21)22/h5-12,15,20H,4,13-14H2,1-3H3. The fourth-order valence-electron chi connectivity index (χ4n) is 2.45. The smallest absolute Gasteiger partial charge is 0.241 e. The number of hydrogen-bond donors (Lipinski definition) is 1. The first-order valence-electron chi connectivity index (χ1n) is 8.76. The number of ether oxygens (including phenoxy) is 2. The zero-order valence-electron chi connectivity index (χ0n) is 16.1. The highest BCUT2D eigenvalue weighted by Gasteiger charge is 2.19. The van der Waals surface area contributed by atoms with Gasteiger partial charge in [-0.1, -0.05) is 12.1 Å². The van der Waals surface area contributed by atoms with Gasteiger partial charge in [-0.3, -0.25) is 0 Å². The van der Waals surface area contributed by atoms with Crippen molar-refractivity contribution in [3.05, 3.63) is 54.1 Å². The molecule has 2 rings (SSSR count). The molecule has 0 saturated carbocycles. The van der Waals surface area contributed by atoms with Crippen LogP contribution in [-0.4, -0.2) is 42.9 Å². The second kappa shape index (κ2) is 9.51. The Morgan fingerprint density at radius 1 is 0.893 bits per heavy atom. The zero-order chi connectivity index (χ0) is 20.8. The molecule has 0 bridgehead atoms. The van der Waals surface area contributed by atoms with Crippen LogP contribution in [0.15, 0.2) is 58.3 Å². The van der Waals surface area contributed by atoms with E-state index >= 15 is 0 Å². The van der Waals surface area contributed by atoms with Crippen LogP contribution < -0.4 is 9.46 Å². The van der Waals surface area contributed by atoms with E-state index in [9.17, 15) is 16.8 Å². The molecule has 28 heavy (non-hydrogen) atoms. The molecular weight excluding hydrogens is 402 g/mol. The first-order valence-corrected chi connectivity index (χ1v) is 12.1. The Balaban J connectivity index is 2.04. The molecule has 0 aliphatic heterocycles. The third kappa shape index (κ3) is 6.30. The molecule has 0 fully saturated rings. The Morgan fingerprint density at radius 3 is 2.00 bits per heavy atom. The molecule has 0 spiro atoms. The molecule has 1 unspecified atom stereocenters. The normalized spacial score (nSPS) is 13.2. The van der Waals surface area contributed by atoms with E-state index in [1.165, 1.54) is 24.3 Å². The fourth-order valence-corrected chi connectivity index (χ4v) is 4.31. The molecule has 2 aromatic carbocycles. The predicted octanol–water partition coefficient (Wildman–Crippen LogP) is 2.54. The van der Waals surface area contributed by atoms with Crippen molar-refractivity contribution < 1.29 is 26.3 Å². The van der Waals surface area contributed by atoms with Crippen LogP contribution in [-0.2, 0) is 24.6 Å². The van der Waals surface area contributed by atoms with Gasteiger partial charge in [-0.05, 0) is 55.8 Å². The van der Waals surface area contributed by atoms with Crippen molar-refractivity contribution in [3.8, 4) is 5.75 Å². The molecule has 0 saturated heterocycles. The highest BCUT2D eigenvalue weighted by molar-refractivity contribution is 7.90. The molecule has 154 valence electrons. The minimum Gasteiger partial charge on any atom is -0.491 e. The van der Waals surface area contributed by atoms with Crippen LogP contribution in [0.3, 0.4) is 0 Å². The number of sulfonamides is 1. The lowest BCUT2D eigenvalue weighted by atomic mass is 10.1. The van der Waals surface area contributed by atoms with Crippen molar-refractivity contribution in [3.63, 3.8) is 0 Å². The number of rotatable bonds is 10. The number of sulfone groups is 1. The average molecular weight is 428 g/mol. The number of hydrogen-bond acceptors (Lipinski definition) is 6. The van der Waals surface area contributed by atoms with Gasteiger partial charge in [-0.25, -0.2) is 21.6 Å². The summed E-state index contributed by atoms with van der Waals surface area (Å²) in [6.07, 6.45) is 1.12. The first-order chi connectivity index (χ1) is 13.1. The van der Waals surface area contributed by atoms with Crippen molar-refractivity contribution in [2.75, 3.05) is 26.1 Å². The van der Waals surface area contributed by atoms with Crippen LogP contribution in [0, 0.1) is 0 Å². The summed E-state index contributed by atoms with van der Waals surface area (Å²) in [5, 5.41) is 0. The summed E-state index contributed by atoms with van der Waals surface area (Å²) in [5.41, 5.74) is 0.659. The SMILES string of the molecule is CCOCCOc1ccc(S(=O)(=O)NC(C)c2ccc(S(C)(=O)=O)cc2)cc1. The maximum Gasteiger partial charge on any atom is 0.241 e. The van der Waals surface area contributed by atoms with Crippen LogP contribution in [0.25, 0.3) is 0 Å². The van der Waals surface area contributed by atoms with Gasteiger partial charge in [0, 0.05) is 18.9 Å². The van der Waals surface area contributed by atoms with E-state index in [1.54, 1.807) is 31.2 Å². The van der Waals surface area contributed by atoms with E-state index in [-0.39, 0.29) is 9.79 Å². The van der Waals surface area contributed by atoms with E-state index in [2.05, 4.69) is 4.72 Å². The Hall–Kier alpha value is -1.94. The number of nitrogens with one attached hydrogen (secondary N) is 1. The summed E-state index contributed by atoms with van der Waals surface area (Å²) in [5.74, 6) is 0.558. The summed E-state index contributed by atoms with van der Waals surface area (Å²) >= 11 is 0. The predicted molar refractivity (Wildman–Crippen MR) is 107 cm³/mol. The van der Waals surface area contributed by atoms with Gasteiger partial charge >= 0.3 is 0 Å². The molecule has 9 heteroatoms. The molecule has 0 amide bonds. The van der Waals surface area contributed by atoms with Crippen LogP contribution in [0.2, 0.25) is 0 Å². The van der Waals surface area contributed by atoms with E-state index in [0.29, 0.717) is 31.1 Å². The highest BCUT2D eigenvalue weighted by atomic mass is 32.2. The van der Waals surface area contributed by atoms with Crippen LogP contribution >= 0.6 is 0 Å². The van der Waals surface area contributed by atoms with Crippen LogP contribution in [0.4, 0.5) is 0 Å². The van der Waals surface area contributed by atoms with Gasteiger partial charge in [0.05, 0.1) is 16.4 Å². The molecular formula is C19H25NO6S2. The van der Waals surface area contributed by atoms with Gasteiger partial charge < -0.3 is 9.47 Å². The zero-order valence-corrected chi connectivity index (χ0v) is 17.7. The molecule has 2 aromatic rings. The Kier molecular flexibility index (Phi) is 7.59. The van der Waals surface area contributed by atoms with Crippen molar-refractivity contribution in [1.82, 2.24) is 4.72 Å². The lowest BCUT2D eigenvalue weighted by Crippen LogP contribution is -2.26. The van der Waals surface area contributed by atoms with Gasteiger partial charge in [-0.2, -0.15) is 0 Å². The van der Waals surface area contributed by atoms with Crippen molar-refractivity contribution in [1.29, 1.82) is 0 Å². The maximum atomic E-state index is 12.6. The Bertz CT molecular complexity index is 968.